The summed E-state index contributed by atoms with van der Waals surface area (Å²) in [5.74, 6) is 1.72. The molecule has 1 aromatic heterocycles. The Morgan fingerprint density at radius 3 is 2.80 bits per heavy atom. The Hall–Kier alpha value is -1.94. The van der Waals surface area contributed by atoms with Crippen LogP contribution >= 0.6 is 0 Å². The number of hydrogen-bond acceptors (Lipinski definition) is 4. The van der Waals surface area contributed by atoms with Gasteiger partial charge in [-0.15, -0.1) is 0 Å². The van der Waals surface area contributed by atoms with E-state index in [1.165, 1.54) is 5.56 Å². The Kier molecular flexibility index (Phi) is 3.92. The number of fused-ring (bicyclic) bond motifs is 1. The number of ether oxygens (including phenoxy) is 1. The highest BCUT2D eigenvalue weighted by Crippen LogP contribution is 2.34. The van der Waals surface area contributed by atoms with Crippen LogP contribution < -0.4 is 10.1 Å². The Morgan fingerprint density at radius 2 is 2.05 bits per heavy atom. The van der Waals surface area contributed by atoms with Gasteiger partial charge >= 0.3 is 0 Å². The van der Waals surface area contributed by atoms with Crippen LogP contribution in [0.5, 0.6) is 5.75 Å². The van der Waals surface area contributed by atoms with E-state index < -0.39 is 0 Å². The number of benzene rings is 1. The zero-order chi connectivity index (χ0) is 13.8. The first-order chi connectivity index (χ1) is 9.86. The molecule has 1 aromatic carbocycles. The van der Waals surface area contributed by atoms with Crippen LogP contribution in [0.3, 0.4) is 0 Å². The lowest BCUT2D eigenvalue weighted by Gasteiger charge is -2.09. The fraction of sp³-hybridized carbons (Fsp3) is 0.375. The number of nitrogens with zero attached hydrogens (tertiary/aromatic N) is 2. The van der Waals surface area contributed by atoms with Crippen molar-refractivity contribution in [3.05, 3.63) is 53.6 Å². The lowest BCUT2D eigenvalue weighted by atomic mass is 10.1. The lowest BCUT2D eigenvalue weighted by molar-refractivity contribution is 0.227. The van der Waals surface area contributed by atoms with Crippen molar-refractivity contribution in [2.75, 3.05) is 6.54 Å². The largest absolute Gasteiger partial charge is 0.482 e. The summed E-state index contributed by atoms with van der Waals surface area (Å²) >= 11 is 0. The van der Waals surface area contributed by atoms with Crippen molar-refractivity contribution in [1.29, 1.82) is 0 Å². The first-order valence-corrected chi connectivity index (χ1v) is 7.13. The minimum atomic E-state index is -0.0509. The molecule has 1 aliphatic heterocycles. The molecule has 1 N–H and O–H groups in total. The number of hydrogen-bond donors (Lipinski definition) is 1. The molecule has 4 nitrogen and oxygen atoms in total. The second-order valence-electron chi connectivity index (χ2n) is 5.04. The molecule has 20 heavy (non-hydrogen) atoms. The normalized spacial score (nSPS) is 16.8. The molecule has 0 aliphatic carbocycles. The summed E-state index contributed by atoms with van der Waals surface area (Å²) in [4.78, 5) is 8.89. The zero-order valence-electron chi connectivity index (χ0n) is 11.7. The van der Waals surface area contributed by atoms with Gasteiger partial charge < -0.3 is 10.1 Å². The van der Waals surface area contributed by atoms with E-state index in [-0.39, 0.29) is 6.10 Å². The van der Waals surface area contributed by atoms with Crippen molar-refractivity contribution in [1.82, 2.24) is 15.3 Å². The van der Waals surface area contributed by atoms with Crippen molar-refractivity contribution in [3.63, 3.8) is 0 Å². The van der Waals surface area contributed by atoms with E-state index in [9.17, 15) is 0 Å². The Bertz CT molecular complexity index is 543. The molecule has 0 saturated heterocycles. The van der Waals surface area contributed by atoms with Gasteiger partial charge in [0.1, 0.15) is 5.75 Å². The SMILES string of the molecule is CCCNCc1cnc(C2Cc3ccccc3O2)nc1. The first kappa shape index (κ1) is 13.1. The van der Waals surface area contributed by atoms with Crippen molar-refractivity contribution in [2.24, 2.45) is 0 Å². The minimum absolute atomic E-state index is 0.0509. The molecule has 0 saturated carbocycles. The van der Waals surface area contributed by atoms with Gasteiger partial charge in [-0.1, -0.05) is 25.1 Å². The molecule has 0 bridgehead atoms. The molecule has 4 heteroatoms. The van der Waals surface area contributed by atoms with E-state index in [0.29, 0.717) is 0 Å². The van der Waals surface area contributed by atoms with Crippen LogP contribution in [0, 0.1) is 0 Å². The summed E-state index contributed by atoms with van der Waals surface area (Å²) in [6.45, 7) is 3.99. The molecule has 1 atom stereocenters. The maximum atomic E-state index is 5.89. The molecular formula is C16H19N3O. The highest BCUT2D eigenvalue weighted by atomic mass is 16.5. The van der Waals surface area contributed by atoms with E-state index in [2.05, 4.69) is 28.3 Å². The van der Waals surface area contributed by atoms with Gasteiger partial charge in [-0.2, -0.15) is 0 Å². The third-order valence-corrected chi connectivity index (χ3v) is 3.42. The van der Waals surface area contributed by atoms with E-state index in [1.807, 2.05) is 30.6 Å². The average Bonchev–Trinajstić information content (AvgIpc) is 2.92. The standard InChI is InChI=1S/C16H19N3O/c1-2-7-17-9-12-10-18-16(19-11-12)15-8-13-5-3-4-6-14(13)20-15/h3-6,10-11,15,17H,2,7-9H2,1H3. The number of para-hydroxylation sites is 1. The quantitative estimate of drug-likeness (QED) is 0.848. The zero-order valence-corrected chi connectivity index (χ0v) is 11.7. The Balaban J connectivity index is 1.65. The van der Waals surface area contributed by atoms with Crippen LogP contribution in [-0.4, -0.2) is 16.5 Å². The maximum Gasteiger partial charge on any atom is 0.169 e. The van der Waals surface area contributed by atoms with Gasteiger partial charge in [0.05, 0.1) is 0 Å². The molecule has 1 aliphatic rings. The highest BCUT2D eigenvalue weighted by Gasteiger charge is 2.25. The van der Waals surface area contributed by atoms with Gasteiger partial charge in [-0.25, -0.2) is 9.97 Å². The molecule has 0 spiro atoms. The van der Waals surface area contributed by atoms with Crippen molar-refractivity contribution < 1.29 is 4.74 Å². The van der Waals surface area contributed by atoms with Crippen LogP contribution in [-0.2, 0) is 13.0 Å². The summed E-state index contributed by atoms with van der Waals surface area (Å²) in [5, 5.41) is 3.34. The molecule has 0 amide bonds. The number of nitrogens with one attached hydrogen (secondary N) is 1. The summed E-state index contributed by atoms with van der Waals surface area (Å²) < 4.78 is 5.89. The predicted molar refractivity (Wildman–Crippen MR) is 77.5 cm³/mol. The summed E-state index contributed by atoms with van der Waals surface area (Å²) in [6.07, 6.45) is 5.70. The average molecular weight is 269 g/mol. The molecule has 2 heterocycles. The third kappa shape index (κ3) is 2.80. The highest BCUT2D eigenvalue weighted by molar-refractivity contribution is 5.38. The monoisotopic (exact) mass is 269 g/mol. The molecule has 3 rings (SSSR count). The van der Waals surface area contributed by atoms with Crippen LogP contribution in [0.15, 0.2) is 36.7 Å². The molecule has 0 fully saturated rings. The predicted octanol–water partition coefficient (Wildman–Crippen LogP) is 2.65. The fourth-order valence-corrected chi connectivity index (χ4v) is 2.36. The van der Waals surface area contributed by atoms with E-state index >= 15 is 0 Å². The fourth-order valence-electron chi connectivity index (χ4n) is 2.36. The van der Waals surface area contributed by atoms with E-state index in [0.717, 1.165) is 43.1 Å². The second-order valence-corrected chi connectivity index (χ2v) is 5.04. The smallest absolute Gasteiger partial charge is 0.169 e. The topological polar surface area (TPSA) is 47.0 Å². The molecule has 1 unspecified atom stereocenters. The Labute approximate surface area is 119 Å². The van der Waals surface area contributed by atoms with E-state index in [4.69, 9.17) is 4.74 Å². The van der Waals surface area contributed by atoms with Gasteiger partial charge in [0, 0.05) is 30.9 Å². The number of rotatable bonds is 5. The van der Waals surface area contributed by atoms with Crippen LogP contribution in [0.4, 0.5) is 0 Å². The number of aromatic nitrogens is 2. The van der Waals surface area contributed by atoms with Crippen molar-refractivity contribution in [2.45, 2.75) is 32.4 Å². The van der Waals surface area contributed by atoms with Gasteiger partial charge in [0.15, 0.2) is 11.9 Å². The van der Waals surface area contributed by atoms with Gasteiger partial charge in [0.2, 0.25) is 0 Å². The summed E-state index contributed by atoms with van der Waals surface area (Å²) in [7, 11) is 0. The van der Waals surface area contributed by atoms with Crippen LogP contribution in [0.25, 0.3) is 0 Å². The summed E-state index contributed by atoms with van der Waals surface area (Å²) in [5.41, 5.74) is 2.34. The molecular weight excluding hydrogens is 250 g/mol. The van der Waals surface area contributed by atoms with Gasteiger partial charge in [-0.05, 0) is 24.6 Å². The molecule has 104 valence electrons. The lowest BCUT2D eigenvalue weighted by Crippen LogP contribution is -2.15. The van der Waals surface area contributed by atoms with Gasteiger partial charge in [-0.3, -0.25) is 0 Å². The van der Waals surface area contributed by atoms with Gasteiger partial charge in [0.25, 0.3) is 0 Å². The van der Waals surface area contributed by atoms with Crippen molar-refractivity contribution >= 4 is 0 Å². The van der Waals surface area contributed by atoms with Crippen molar-refractivity contribution in [3.8, 4) is 5.75 Å². The second kappa shape index (κ2) is 6.01. The van der Waals surface area contributed by atoms with Crippen LogP contribution in [0.2, 0.25) is 0 Å². The molecule has 2 aromatic rings. The van der Waals surface area contributed by atoms with E-state index in [1.54, 1.807) is 0 Å². The molecule has 0 radical (unpaired) electrons. The Morgan fingerprint density at radius 1 is 1.25 bits per heavy atom. The summed E-state index contributed by atoms with van der Waals surface area (Å²) in [6, 6.07) is 8.12. The third-order valence-electron chi connectivity index (χ3n) is 3.42. The minimum Gasteiger partial charge on any atom is -0.482 e. The van der Waals surface area contributed by atoms with Crippen LogP contribution in [0.1, 0.15) is 36.4 Å². The first-order valence-electron chi connectivity index (χ1n) is 7.13. The maximum absolute atomic E-state index is 5.89.